The first-order valence-corrected chi connectivity index (χ1v) is 5.64. The molecule has 2 nitrogen and oxygen atoms in total. The van der Waals surface area contributed by atoms with Gasteiger partial charge in [-0.3, -0.25) is 0 Å². The van der Waals surface area contributed by atoms with Crippen molar-refractivity contribution in [2.45, 2.75) is 5.75 Å². The fourth-order valence-corrected chi connectivity index (χ4v) is 2.99. The summed E-state index contributed by atoms with van der Waals surface area (Å²) in [7, 11) is 0. The first-order valence-electron chi connectivity index (χ1n) is 4.19. The lowest BCUT2D eigenvalue weighted by Crippen LogP contribution is -1.96. The molecule has 0 amide bonds. The van der Waals surface area contributed by atoms with E-state index in [0.29, 0.717) is 15.6 Å². The second kappa shape index (κ2) is 3.83. The third-order valence-electron chi connectivity index (χ3n) is 2.12. The lowest BCUT2D eigenvalue weighted by Gasteiger charge is -1.96. The van der Waals surface area contributed by atoms with Gasteiger partial charge in [0.15, 0.2) is 0 Å². The molecule has 78 valence electrons. The van der Waals surface area contributed by atoms with Crippen molar-refractivity contribution in [3.05, 3.63) is 34.5 Å². The third-order valence-corrected chi connectivity index (χ3v) is 3.62. The van der Waals surface area contributed by atoms with Gasteiger partial charge in [-0.1, -0.05) is 6.07 Å². The third kappa shape index (κ3) is 1.61. The van der Waals surface area contributed by atoms with Crippen LogP contribution in [-0.2, 0) is 5.75 Å². The van der Waals surface area contributed by atoms with E-state index in [0.717, 1.165) is 11.3 Å². The highest BCUT2D eigenvalue weighted by molar-refractivity contribution is 7.79. The van der Waals surface area contributed by atoms with Crippen molar-refractivity contribution >= 4 is 40.0 Å². The van der Waals surface area contributed by atoms with E-state index < -0.39 is 5.97 Å². The number of hydrogen-bond acceptors (Lipinski definition) is 3. The molecule has 0 atom stereocenters. The molecule has 0 aliphatic heterocycles. The second-order valence-electron chi connectivity index (χ2n) is 2.99. The zero-order valence-corrected chi connectivity index (χ0v) is 9.24. The van der Waals surface area contributed by atoms with Crippen LogP contribution in [0.25, 0.3) is 10.1 Å². The average molecular weight is 242 g/mol. The van der Waals surface area contributed by atoms with E-state index >= 15 is 0 Å². The fourth-order valence-electron chi connectivity index (χ4n) is 1.49. The number of halogens is 1. The number of thiophene rings is 1. The Labute approximate surface area is 94.8 Å². The van der Waals surface area contributed by atoms with Gasteiger partial charge in [-0.15, -0.1) is 11.3 Å². The van der Waals surface area contributed by atoms with Crippen molar-refractivity contribution in [2.75, 3.05) is 0 Å². The maximum atomic E-state index is 13.5. The van der Waals surface area contributed by atoms with Crippen LogP contribution in [0.3, 0.4) is 0 Å². The summed E-state index contributed by atoms with van der Waals surface area (Å²) in [5, 5.41) is 9.33. The van der Waals surface area contributed by atoms with Crippen LogP contribution in [0.2, 0.25) is 0 Å². The molecule has 0 aliphatic rings. The molecule has 0 saturated heterocycles. The van der Waals surface area contributed by atoms with E-state index in [1.54, 1.807) is 12.1 Å². The van der Waals surface area contributed by atoms with Crippen molar-refractivity contribution in [1.29, 1.82) is 0 Å². The van der Waals surface area contributed by atoms with Gasteiger partial charge in [-0.05, 0) is 17.7 Å². The van der Waals surface area contributed by atoms with E-state index in [9.17, 15) is 9.18 Å². The molecule has 15 heavy (non-hydrogen) atoms. The van der Waals surface area contributed by atoms with Gasteiger partial charge in [0.05, 0.1) is 0 Å². The van der Waals surface area contributed by atoms with Crippen LogP contribution in [0.5, 0.6) is 0 Å². The van der Waals surface area contributed by atoms with Crippen molar-refractivity contribution in [1.82, 2.24) is 0 Å². The molecule has 0 spiro atoms. The van der Waals surface area contributed by atoms with E-state index in [1.807, 2.05) is 0 Å². The summed E-state index contributed by atoms with van der Waals surface area (Å²) < 4.78 is 14.1. The Kier molecular flexibility index (Phi) is 2.67. The summed E-state index contributed by atoms with van der Waals surface area (Å²) in [5.74, 6) is -1.19. The highest BCUT2D eigenvalue weighted by Crippen LogP contribution is 2.34. The van der Waals surface area contributed by atoms with E-state index in [2.05, 4.69) is 12.6 Å². The molecule has 0 saturated carbocycles. The Bertz CT molecular complexity index is 533. The number of fused-ring (bicyclic) bond motifs is 1. The summed E-state index contributed by atoms with van der Waals surface area (Å²) in [6.45, 7) is 0. The van der Waals surface area contributed by atoms with Crippen molar-refractivity contribution in [3.8, 4) is 0 Å². The first kappa shape index (κ1) is 10.4. The molecule has 1 aromatic heterocycles. The molecule has 5 heteroatoms. The number of carbonyl (C=O) groups is 1. The number of aromatic carboxylic acids is 1. The minimum Gasteiger partial charge on any atom is -0.477 e. The number of carboxylic acid groups (broad SMARTS) is 1. The zero-order chi connectivity index (χ0) is 11.0. The monoisotopic (exact) mass is 242 g/mol. The van der Waals surface area contributed by atoms with Crippen LogP contribution in [0.4, 0.5) is 4.39 Å². The summed E-state index contributed by atoms with van der Waals surface area (Å²) in [6, 6.07) is 4.61. The molecule has 2 aromatic rings. The molecular weight excluding hydrogens is 235 g/mol. The van der Waals surface area contributed by atoms with E-state index in [-0.39, 0.29) is 16.4 Å². The highest BCUT2D eigenvalue weighted by Gasteiger charge is 2.18. The van der Waals surface area contributed by atoms with Gasteiger partial charge in [0.1, 0.15) is 10.7 Å². The Hall–Kier alpha value is -1.07. The predicted molar refractivity (Wildman–Crippen MR) is 61.4 cm³/mol. The van der Waals surface area contributed by atoms with Gasteiger partial charge in [-0.25, -0.2) is 9.18 Å². The van der Waals surface area contributed by atoms with Gasteiger partial charge in [-0.2, -0.15) is 12.6 Å². The molecule has 0 aliphatic carbocycles. The van der Waals surface area contributed by atoms with Crippen LogP contribution >= 0.6 is 24.0 Å². The number of carboxylic acids is 1. The maximum Gasteiger partial charge on any atom is 0.346 e. The van der Waals surface area contributed by atoms with Gasteiger partial charge in [0, 0.05) is 15.8 Å². The maximum absolute atomic E-state index is 13.5. The minimum atomic E-state index is -1.03. The van der Waals surface area contributed by atoms with E-state index in [4.69, 9.17) is 5.11 Å². The molecule has 1 heterocycles. The summed E-state index contributed by atoms with van der Waals surface area (Å²) in [4.78, 5) is 11.1. The molecule has 0 radical (unpaired) electrons. The lowest BCUT2D eigenvalue weighted by atomic mass is 10.1. The second-order valence-corrected chi connectivity index (χ2v) is 4.35. The minimum absolute atomic E-state index is 0.171. The standard InChI is InChI=1S/C10H7FO2S2/c11-6-2-1-3-7-8(6)5(4-14)9(15-7)10(12)13/h1-3,14H,4H2,(H,12,13). The SMILES string of the molecule is O=C(O)c1sc2cccc(F)c2c1CS. The molecule has 0 fully saturated rings. The normalized spacial score (nSPS) is 10.8. The quantitative estimate of drug-likeness (QED) is 0.794. The summed E-state index contributed by atoms with van der Waals surface area (Å²) >= 11 is 5.12. The van der Waals surface area contributed by atoms with Crippen LogP contribution in [0.1, 0.15) is 15.2 Å². The Morgan fingerprint density at radius 2 is 2.27 bits per heavy atom. The molecule has 0 bridgehead atoms. The van der Waals surface area contributed by atoms with Gasteiger partial charge < -0.3 is 5.11 Å². The number of benzene rings is 1. The van der Waals surface area contributed by atoms with Gasteiger partial charge in [0.25, 0.3) is 0 Å². The fraction of sp³-hybridized carbons (Fsp3) is 0.100. The van der Waals surface area contributed by atoms with Crippen LogP contribution in [0.15, 0.2) is 18.2 Å². The van der Waals surface area contributed by atoms with Gasteiger partial charge >= 0.3 is 5.97 Å². The molecule has 2 rings (SSSR count). The number of rotatable bonds is 2. The first-order chi connectivity index (χ1) is 7.15. The van der Waals surface area contributed by atoms with Crippen molar-refractivity contribution in [2.24, 2.45) is 0 Å². The molecular formula is C10H7FO2S2. The molecule has 0 unspecified atom stereocenters. The lowest BCUT2D eigenvalue weighted by molar-refractivity contribution is 0.0701. The topological polar surface area (TPSA) is 37.3 Å². The van der Waals surface area contributed by atoms with Crippen LogP contribution in [-0.4, -0.2) is 11.1 Å². The Morgan fingerprint density at radius 1 is 1.53 bits per heavy atom. The Morgan fingerprint density at radius 3 is 2.87 bits per heavy atom. The number of hydrogen-bond donors (Lipinski definition) is 2. The highest BCUT2D eigenvalue weighted by atomic mass is 32.1. The largest absolute Gasteiger partial charge is 0.477 e. The average Bonchev–Trinajstić information content (AvgIpc) is 2.57. The predicted octanol–water partition coefficient (Wildman–Crippen LogP) is 3.17. The van der Waals surface area contributed by atoms with Crippen LogP contribution in [0, 0.1) is 5.82 Å². The van der Waals surface area contributed by atoms with Crippen molar-refractivity contribution < 1.29 is 14.3 Å². The number of thiol groups is 1. The van der Waals surface area contributed by atoms with Crippen molar-refractivity contribution in [3.63, 3.8) is 0 Å². The molecule has 1 N–H and O–H groups in total. The molecule has 1 aromatic carbocycles. The summed E-state index contributed by atoms with van der Waals surface area (Å²) in [5.41, 5.74) is 0.462. The zero-order valence-electron chi connectivity index (χ0n) is 7.53. The van der Waals surface area contributed by atoms with Crippen LogP contribution < -0.4 is 0 Å². The van der Waals surface area contributed by atoms with E-state index in [1.165, 1.54) is 6.07 Å². The summed E-state index contributed by atoms with van der Waals surface area (Å²) in [6.07, 6.45) is 0. The van der Waals surface area contributed by atoms with Gasteiger partial charge in [0.2, 0.25) is 0 Å². The smallest absolute Gasteiger partial charge is 0.346 e. The Balaban J connectivity index is 2.86.